The zero-order valence-electron chi connectivity index (χ0n) is 12.4. The van der Waals surface area contributed by atoms with Crippen molar-refractivity contribution in [2.75, 3.05) is 13.6 Å². The molecule has 0 aromatic rings. The van der Waals surface area contributed by atoms with Gasteiger partial charge in [-0.2, -0.15) is 13.2 Å². The molecule has 8 nitrogen and oxygen atoms in total. The van der Waals surface area contributed by atoms with Crippen LogP contribution in [-0.4, -0.2) is 42.8 Å². The van der Waals surface area contributed by atoms with Gasteiger partial charge in [0.05, 0.1) is 5.92 Å². The highest BCUT2D eigenvalue weighted by atomic mass is 19.4. The SMILES string of the molecule is CNNC(=O)NCC1CCC(C(=O)O)CC1.O=C([O-])C(F)(F)F. The van der Waals surface area contributed by atoms with Crippen LogP contribution in [0, 0.1) is 11.8 Å². The van der Waals surface area contributed by atoms with E-state index in [0.29, 0.717) is 12.5 Å². The molecule has 0 bridgehead atoms. The lowest BCUT2D eigenvalue weighted by atomic mass is 9.82. The van der Waals surface area contributed by atoms with Gasteiger partial charge in [0, 0.05) is 13.6 Å². The van der Waals surface area contributed by atoms with Crippen molar-refractivity contribution in [1.29, 1.82) is 0 Å². The molecule has 0 atom stereocenters. The lowest BCUT2D eigenvalue weighted by Crippen LogP contribution is -2.44. The van der Waals surface area contributed by atoms with E-state index in [0.717, 1.165) is 25.7 Å². The van der Waals surface area contributed by atoms with E-state index in [1.807, 2.05) is 0 Å². The minimum Gasteiger partial charge on any atom is -0.542 e. The summed E-state index contributed by atoms with van der Waals surface area (Å²) in [5.41, 5.74) is 4.96. The number of alkyl halides is 3. The normalized spacial score (nSPS) is 20.7. The first kappa shape index (κ1) is 21.0. The minimum atomic E-state index is -5.19. The Morgan fingerprint density at radius 2 is 1.65 bits per heavy atom. The molecule has 4 N–H and O–H groups in total. The van der Waals surface area contributed by atoms with Gasteiger partial charge in [0.25, 0.3) is 0 Å². The first-order valence-electron chi connectivity index (χ1n) is 6.79. The van der Waals surface area contributed by atoms with Crippen LogP contribution in [0.15, 0.2) is 0 Å². The molecule has 0 spiro atoms. The molecule has 134 valence electrons. The third-order valence-corrected chi connectivity index (χ3v) is 3.22. The Bertz CT molecular complexity index is 409. The second-order valence-electron chi connectivity index (χ2n) is 4.93. The molecule has 1 rings (SSSR count). The lowest BCUT2D eigenvalue weighted by molar-refractivity contribution is -0.344. The van der Waals surface area contributed by atoms with Crippen molar-refractivity contribution < 1.29 is 37.8 Å². The zero-order valence-corrected chi connectivity index (χ0v) is 12.4. The van der Waals surface area contributed by atoms with Gasteiger partial charge >= 0.3 is 18.2 Å². The van der Waals surface area contributed by atoms with E-state index in [1.54, 1.807) is 7.05 Å². The van der Waals surface area contributed by atoms with Gasteiger partial charge in [0.15, 0.2) is 0 Å². The molecule has 0 radical (unpaired) electrons. The molecule has 0 aromatic heterocycles. The third kappa shape index (κ3) is 9.55. The fourth-order valence-corrected chi connectivity index (χ4v) is 2.01. The Balaban J connectivity index is 0.000000585. The number of hydrogen-bond acceptors (Lipinski definition) is 5. The number of rotatable bonds is 4. The monoisotopic (exact) mass is 342 g/mol. The number of urea groups is 1. The molecule has 1 saturated carbocycles. The summed E-state index contributed by atoms with van der Waals surface area (Å²) in [5.74, 6) is -3.49. The summed E-state index contributed by atoms with van der Waals surface area (Å²) < 4.78 is 31.5. The van der Waals surface area contributed by atoms with Crippen LogP contribution in [0.25, 0.3) is 0 Å². The van der Waals surface area contributed by atoms with E-state index in [-0.39, 0.29) is 11.9 Å². The van der Waals surface area contributed by atoms with Gasteiger partial charge in [0.1, 0.15) is 5.97 Å². The van der Waals surface area contributed by atoms with Crippen LogP contribution in [0.1, 0.15) is 25.7 Å². The van der Waals surface area contributed by atoms with E-state index < -0.39 is 18.1 Å². The minimum absolute atomic E-state index is 0.192. The van der Waals surface area contributed by atoms with Gasteiger partial charge in [-0.15, -0.1) is 0 Å². The highest BCUT2D eigenvalue weighted by Gasteiger charge is 2.29. The maximum absolute atomic E-state index is 11.1. The highest BCUT2D eigenvalue weighted by molar-refractivity contribution is 5.73. The Labute approximate surface area is 130 Å². The summed E-state index contributed by atoms with van der Waals surface area (Å²) in [6.07, 6.45) is -2.02. The number of hydrazine groups is 1. The predicted molar refractivity (Wildman–Crippen MR) is 69.7 cm³/mol. The predicted octanol–water partition coefficient (Wildman–Crippen LogP) is -0.390. The molecule has 1 fully saturated rings. The number of halogens is 3. The number of carbonyl (C=O) groups excluding carboxylic acids is 2. The topological polar surface area (TPSA) is 131 Å². The van der Waals surface area contributed by atoms with E-state index in [9.17, 15) is 22.8 Å². The van der Waals surface area contributed by atoms with Crippen molar-refractivity contribution in [1.82, 2.24) is 16.2 Å². The fraction of sp³-hybridized carbons (Fsp3) is 0.750. The van der Waals surface area contributed by atoms with Crippen molar-refractivity contribution in [3.8, 4) is 0 Å². The van der Waals surface area contributed by atoms with Crippen LogP contribution < -0.4 is 21.3 Å². The van der Waals surface area contributed by atoms with Gasteiger partial charge in [-0.05, 0) is 31.6 Å². The van der Waals surface area contributed by atoms with Crippen molar-refractivity contribution in [3.05, 3.63) is 0 Å². The van der Waals surface area contributed by atoms with Gasteiger partial charge in [-0.3, -0.25) is 10.2 Å². The molecule has 0 heterocycles. The number of nitrogens with one attached hydrogen (secondary N) is 3. The Morgan fingerprint density at radius 3 is 2.00 bits per heavy atom. The molecule has 1 aliphatic carbocycles. The van der Waals surface area contributed by atoms with Crippen molar-refractivity contribution >= 4 is 18.0 Å². The molecule has 11 heteroatoms. The summed E-state index contributed by atoms with van der Waals surface area (Å²) in [5, 5.41) is 20.3. The maximum Gasteiger partial charge on any atom is 0.430 e. The highest BCUT2D eigenvalue weighted by Crippen LogP contribution is 2.28. The molecule has 1 aliphatic rings. The van der Waals surface area contributed by atoms with Crippen LogP contribution in [0.2, 0.25) is 0 Å². The Morgan fingerprint density at radius 1 is 1.17 bits per heavy atom. The number of aliphatic carboxylic acids is 2. The average molecular weight is 342 g/mol. The smallest absolute Gasteiger partial charge is 0.430 e. The van der Waals surface area contributed by atoms with Gasteiger partial charge in [-0.1, -0.05) is 0 Å². The second-order valence-corrected chi connectivity index (χ2v) is 4.93. The zero-order chi connectivity index (χ0) is 18.0. The van der Waals surface area contributed by atoms with Crippen molar-refractivity contribution in [3.63, 3.8) is 0 Å². The Hall–Kier alpha value is -2.04. The summed E-state index contributed by atoms with van der Waals surface area (Å²) in [4.78, 5) is 30.6. The lowest BCUT2D eigenvalue weighted by Gasteiger charge is -2.26. The van der Waals surface area contributed by atoms with E-state index in [4.69, 9.17) is 15.0 Å². The second kappa shape index (κ2) is 9.87. The van der Waals surface area contributed by atoms with Crippen molar-refractivity contribution in [2.45, 2.75) is 31.9 Å². The number of carbonyl (C=O) groups is 3. The fourth-order valence-electron chi connectivity index (χ4n) is 2.01. The summed E-state index contributed by atoms with van der Waals surface area (Å²) in [6, 6.07) is -0.247. The largest absolute Gasteiger partial charge is 0.542 e. The number of amides is 2. The first-order valence-corrected chi connectivity index (χ1v) is 6.79. The number of carboxylic acid groups (broad SMARTS) is 2. The van der Waals surface area contributed by atoms with Crippen LogP contribution >= 0.6 is 0 Å². The van der Waals surface area contributed by atoms with Gasteiger partial charge in [-0.25, -0.2) is 10.2 Å². The van der Waals surface area contributed by atoms with E-state index >= 15 is 0 Å². The molecule has 0 saturated heterocycles. The van der Waals surface area contributed by atoms with Crippen LogP contribution in [0.3, 0.4) is 0 Å². The molecule has 0 unspecified atom stereocenters. The summed E-state index contributed by atoms with van der Waals surface area (Å²) in [7, 11) is 1.62. The van der Waals surface area contributed by atoms with Crippen LogP contribution in [0.5, 0.6) is 0 Å². The Kier molecular flexibility index (Phi) is 9.00. The van der Waals surface area contributed by atoms with Crippen LogP contribution in [-0.2, 0) is 9.59 Å². The average Bonchev–Trinajstić information content (AvgIpc) is 2.45. The standard InChI is InChI=1S/C10H19N3O3.C2HF3O2/c1-11-13-10(16)12-6-7-2-4-8(5-3-7)9(14)15;3-2(4,5)1(6)7/h7-8,11H,2-6H2,1H3,(H,14,15)(H2,12,13,16);(H,6,7)/p-1. The number of hydrogen-bond donors (Lipinski definition) is 4. The summed E-state index contributed by atoms with van der Waals surface area (Å²) in [6.45, 7) is 0.611. The van der Waals surface area contributed by atoms with Crippen molar-refractivity contribution in [2.24, 2.45) is 11.8 Å². The molecule has 0 aromatic carbocycles. The molecule has 23 heavy (non-hydrogen) atoms. The van der Waals surface area contributed by atoms with Gasteiger partial charge in [0.2, 0.25) is 0 Å². The van der Waals surface area contributed by atoms with Gasteiger partial charge < -0.3 is 20.3 Å². The molecular formula is C12H19F3N3O5-. The first-order chi connectivity index (χ1) is 10.6. The molecule has 0 aliphatic heterocycles. The van der Waals surface area contributed by atoms with E-state index in [1.165, 1.54) is 0 Å². The number of carboxylic acids is 2. The van der Waals surface area contributed by atoms with E-state index in [2.05, 4.69) is 16.2 Å². The molecular weight excluding hydrogens is 323 g/mol. The quantitative estimate of drug-likeness (QED) is 0.515. The maximum atomic E-state index is 11.1. The third-order valence-electron chi connectivity index (χ3n) is 3.22. The molecule has 2 amide bonds. The summed E-state index contributed by atoms with van der Waals surface area (Å²) >= 11 is 0. The van der Waals surface area contributed by atoms with Crippen LogP contribution in [0.4, 0.5) is 18.0 Å².